The molecule has 0 unspecified atom stereocenters. The first-order valence-electron chi connectivity index (χ1n) is 10.1. The first-order chi connectivity index (χ1) is 14.8. The van der Waals surface area contributed by atoms with Gasteiger partial charge in [0.05, 0.1) is 5.69 Å². The molecule has 1 aliphatic rings. The molecule has 4 aromatic carbocycles. The van der Waals surface area contributed by atoms with Crippen molar-refractivity contribution in [1.82, 2.24) is 0 Å². The normalized spacial score (nSPS) is 15.6. The van der Waals surface area contributed by atoms with Gasteiger partial charge in [-0.3, -0.25) is 0 Å². The van der Waals surface area contributed by atoms with E-state index in [-0.39, 0.29) is 0 Å². The quantitative estimate of drug-likeness (QED) is 0.370. The van der Waals surface area contributed by atoms with Crippen molar-refractivity contribution in [2.24, 2.45) is 4.99 Å². The molecule has 1 aliphatic heterocycles. The molecule has 0 radical (unpaired) electrons. The van der Waals surface area contributed by atoms with Gasteiger partial charge in [-0.15, -0.1) is 0 Å². The first-order valence-corrected chi connectivity index (χ1v) is 10.1. The molecule has 0 aromatic heterocycles. The van der Waals surface area contributed by atoms with Crippen LogP contribution in [0, 0.1) is 6.92 Å². The van der Waals surface area contributed by atoms with Crippen LogP contribution in [0.1, 0.15) is 27.8 Å². The van der Waals surface area contributed by atoms with Crippen molar-refractivity contribution >= 4 is 22.9 Å². The van der Waals surface area contributed by atoms with Gasteiger partial charge in [0.2, 0.25) is 5.90 Å². The van der Waals surface area contributed by atoms with Gasteiger partial charge in [-0.2, -0.15) is 0 Å². The molecule has 0 fully saturated rings. The maximum atomic E-state index is 6.47. The van der Waals surface area contributed by atoms with Crippen LogP contribution in [-0.4, -0.2) is 5.90 Å². The van der Waals surface area contributed by atoms with Crippen LogP contribution in [0.5, 0.6) is 0 Å². The van der Waals surface area contributed by atoms with Gasteiger partial charge in [-0.1, -0.05) is 96.6 Å². The monoisotopic (exact) mass is 387 g/mol. The lowest BCUT2D eigenvalue weighted by molar-refractivity contribution is 0.527. The van der Waals surface area contributed by atoms with Crippen molar-refractivity contribution in [3.05, 3.63) is 137 Å². The number of rotatable bonds is 3. The number of hydrogen-bond acceptors (Lipinski definition) is 2. The molecule has 30 heavy (non-hydrogen) atoms. The van der Waals surface area contributed by atoms with Gasteiger partial charge in [0.15, 0.2) is 0 Å². The average Bonchev–Trinajstić information content (AvgIpc) is 3.15. The molecule has 1 heterocycles. The molecule has 0 N–H and O–H groups in total. The van der Waals surface area contributed by atoms with Gasteiger partial charge in [0.1, 0.15) is 5.76 Å². The van der Waals surface area contributed by atoms with Crippen LogP contribution in [-0.2, 0) is 4.74 Å². The highest BCUT2D eigenvalue weighted by Gasteiger charge is 2.28. The lowest BCUT2D eigenvalue weighted by atomic mass is 9.93. The summed E-state index contributed by atoms with van der Waals surface area (Å²) in [7, 11) is 0. The third kappa shape index (κ3) is 3.44. The number of hydrogen-bond donors (Lipinski definition) is 0. The van der Waals surface area contributed by atoms with Crippen molar-refractivity contribution in [3.63, 3.8) is 0 Å². The summed E-state index contributed by atoms with van der Waals surface area (Å²) < 4.78 is 6.47. The molecule has 0 amide bonds. The highest BCUT2D eigenvalue weighted by Crippen LogP contribution is 2.39. The molecule has 4 aromatic rings. The van der Waals surface area contributed by atoms with Crippen LogP contribution in [0.3, 0.4) is 0 Å². The summed E-state index contributed by atoms with van der Waals surface area (Å²) in [5.74, 6) is 1.47. The van der Waals surface area contributed by atoms with Crippen molar-refractivity contribution in [3.8, 4) is 0 Å². The van der Waals surface area contributed by atoms with Gasteiger partial charge in [0, 0.05) is 16.7 Å². The molecule has 0 spiro atoms. The van der Waals surface area contributed by atoms with Crippen LogP contribution < -0.4 is 0 Å². The Morgan fingerprint density at radius 2 is 1.17 bits per heavy atom. The molecule has 0 saturated carbocycles. The number of ether oxygens (including phenoxy) is 1. The van der Waals surface area contributed by atoms with E-state index in [1.165, 1.54) is 5.56 Å². The fourth-order valence-electron chi connectivity index (χ4n) is 3.72. The van der Waals surface area contributed by atoms with Crippen molar-refractivity contribution in [2.75, 3.05) is 0 Å². The maximum Gasteiger partial charge on any atom is 0.227 e. The second-order valence-corrected chi connectivity index (χ2v) is 7.34. The summed E-state index contributed by atoms with van der Waals surface area (Å²) in [6.45, 7) is 2.10. The van der Waals surface area contributed by atoms with Crippen molar-refractivity contribution < 1.29 is 4.74 Å². The smallest absolute Gasteiger partial charge is 0.227 e. The Bertz CT molecular complexity index is 1240. The molecule has 5 rings (SSSR count). The van der Waals surface area contributed by atoms with Crippen LogP contribution in [0.4, 0.5) is 5.69 Å². The second kappa shape index (κ2) is 7.84. The highest BCUT2D eigenvalue weighted by atomic mass is 16.5. The Labute approximate surface area is 176 Å². The predicted molar refractivity (Wildman–Crippen MR) is 124 cm³/mol. The summed E-state index contributed by atoms with van der Waals surface area (Å²) in [6, 6.07) is 37.2. The van der Waals surface area contributed by atoms with E-state index < -0.39 is 0 Å². The van der Waals surface area contributed by atoms with Gasteiger partial charge < -0.3 is 4.74 Å². The zero-order valence-electron chi connectivity index (χ0n) is 16.7. The molecule has 0 aliphatic carbocycles. The minimum Gasteiger partial charge on any atom is -0.437 e. The Hall–Kier alpha value is -3.91. The summed E-state index contributed by atoms with van der Waals surface area (Å²) in [5.41, 5.74) is 7.49. The molecule has 2 nitrogen and oxygen atoms in total. The zero-order valence-corrected chi connectivity index (χ0v) is 16.7. The Morgan fingerprint density at radius 1 is 0.600 bits per heavy atom. The van der Waals surface area contributed by atoms with E-state index >= 15 is 0 Å². The maximum absolute atomic E-state index is 6.47. The number of benzene rings is 4. The number of para-hydroxylation sites is 1. The van der Waals surface area contributed by atoms with E-state index in [0.717, 1.165) is 39.3 Å². The largest absolute Gasteiger partial charge is 0.437 e. The molecule has 0 atom stereocenters. The zero-order chi connectivity index (χ0) is 20.3. The predicted octanol–water partition coefficient (Wildman–Crippen LogP) is 7.02. The fraction of sp³-hybridized carbons (Fsp3) is 0.0357. The topological polar surface area (TPSA) is 21.6 Å². The molecule has 0 saturated heterocycles. The van der Waals surface area contributed by atoms with Crippen molar-refractivity contribution in [2.45, 2.75) is 6.92 Å². The third-order valence-electron chi connectivity index (χ3n) is 5.22. The molecular formula is C28H21NO. The van der Waals surface area contributed by atoms with Gasteiger partial charge in [-0.25, -0.2) is 4.99 Å². The molecule has 0 bridgehead atoms. The Morgan fingerprint density at radius 3 is 1.87 bits per heavy atom. The van der Waals surface area contributed by atoms with Gasteiger partial charge in [0.25, 0.3) is 0 Å². The summed E-state index contributed by atoms with van der Waals surface area (Å²) in [5, 5.41) is 0. The SMILES string of the molecule is Cc1ccc(/C(=C2\OC(=Nc3ccccc3)c3ccccc32)c2ccccc2)cc1. The highest BCUT2D eigenvalue weighted by molar-refractivity contribution is 6.13. The van der Waals surface area contributed by atoms with Crippen LogP contribution >= 0.6 is 0 Å². The molecule has 2 heteroatoms. The van der Waals surface area contributed by atoms with Crippen LogP contribution in [0.15, 0.2) is 114 Å². The van der Waals surface area contributed by atoms with E-state index in [2.05, 4.69) is 67.6 Å². The third-order valence-corrected chi connectivity index (χ3v) is 5.22. The average molecular weight is 387 g/mol. The van der Waals surface area contributed by atoms with E-state index in [4.69, 9.17) is 9.73 Å². The van der Waals surface area contributed by atoms with Crippen LogP contribution in [0.2, 0.25) is 0 Å². The van der Waals surface area contributed by atoms with E-state index in [0.29, 0.717) is 5.90 Å². The fourth-order valence-corrected chi connectivity index (χ4v) is 3.72. The van der Waals surface area contributed by atoms with Gasteiger partial charge in [-0.05, 0) is 36.2 Å². The number of nitrogens with zero attached hydrogens (tertiary/aromatic N) is 1. The first kappa shape index (κ1) is 18.1. The molecule has 144 valence electrons. The molecular weight excluding hydrogens is 366 g/mol. The van der Waals surface area contributed by atoms with Crippen LogP contribution in [0.25, 0.3) is 11.3 Å². The summed E-state index contributed by atoms with van der Waals surface area (Å²) in [4.78, 5) is 4.79. The number of fused-ring (bicyclic) bond motifs is 1. The van der Waals surface area contributed by atoms with Crippen molar-refractivity contribution in [1.29, 1.82) is 0 Å². The van der Waals surface area contributed by atoms with E-state index in [1.54, 1.807) is 0 Å². The second-order valence-electron chi connectivity index (χ2n) is 7.34. The standard InChI is InChI=1S/C28H21NO/c1-20-16-18-22(19-17-20)26(21-10-4-2-5-11-21)27-24-14-8-9-15-25(24)28(30-27)29-23-12-6-3-7-13-23/h2-19H,1H3/b27-26-,29-28?. The lowest BCUT2D eigenvalue weighted by Crippen LogP contribution is -1.97. The summed E-state index contributed by atoms with van der Waals surface area (Å²) >= 11 is 0. The minimum atomic E-state index is 0.632. The lowest BCUT2D eigenvalue weighted by Gasteiger charge is -2.13. The Kier molecular flexibility index (Phi) is 4.74. The van der Waals surface area contributed by atoms with Gasteiger partial charge >= 0.3 is 0 Å². The Balaban J connectivity index is 1.74. The van der Waals surface area contributed by atoms with E-state index in [1.807, 2.05) is 48.5 Å². The number of aryl methyl sites for hydroxylation is 1. The summed E-state index contributed by atoms with van der Waals surface area (Å²) in [6.07, 6.45) is 0. The minimum absolute atomic E-state index is 0.632. The van der Waals surface area contributed by atoms with E-state index in [9.17, 15) is 0 Å². The number of aliphatic imine (C=N–C) groups is 1.